The molecule has 4 N–H and O–H groups in total. The zero-order valence-electron chi connectivity index (χ0n) is 10.5. The van der Waals surface area contributed by atoms with E-state index >= 15 is 0 Å². The highest BCUT2D eigenvalue weighted by molar-refractivity contribution is 9.10. The fourth-order valence-electron chi connectivity index (χ4n) is 1.64. The van der Waals surface area contributed by atoms with Crippen LogP contribution in [0.5, 0.6) is 0 Å². The monoisotopic (exact) mass is 351 g/mol. The highest BCUT2D eigenvalue weighted by Gasteiger charge is 2.15. The van der Waals surface area contributed by atoms with E-state index in [1.165, 1.54) is 30.6 Å². The summed E-state index contributed by atoms with van der Waals surface area (Å²) in [5, 5.41) is 13.4. The third-order valence-corrected chi connectivity index (χ3v) is 3.29. The van der Waals surface area contributed by atoms with Crippen molar-refractivity contribution in [3.63, 3.8) is 0 Å². The smallest absolute Gasteiger partial charge is 0.285 e. The van der Waals surface area contributed by atoms with Gasteiger partial charge in [-0.3, -0.25) is 25.7 Å². The molecule has 0 aliphatic heterocycles. The number of hydrogen-bond acceptors (Lipinski definition) is 6. The van der Waals surface area contributed by atoms with Crippen LogP contribution in [0.4, 0.5) is 17.1 Å². The van der Waals surface area contributed by atoms with E-state index in [0.29, 0.717) is 15.8 Å². The molecule has 0 radical (unpaired) electrons. The summed E-state index contributed by atoms with van der Waals surface area (Å²) in [6.45, 7) is 0. The van der Waals surface area contributed by atoms with Crippen molar-refractivity contribution in [3.05, 3.63) is 56.8 Å². The SMILES string of the molecule is NNc1cnccc1C(=O)Nc1ccc(Br)c([N+](=O)[O-])c1. The molecule has 1 aromatic heterocycles. The fraction of sp³-hybridized carbons (Fsp3) is 0. The molecule has 0 saturated heterocycles. The van der Waals surface area contributed by atoms with E-state index in [-0.39, 0.29) is 11.3 Å². The zero-order chi connectivity index (χ0) is 15.4. The van der Waals surface area contributed by atoms with Crippen molar-refractivity contribution in [1.82, 2.24) is 4.98 Å². The molecule has 0 aliphatic rings. The number of hydrazine groups is 1. The number of carbonyl (C=O) groups excluding carboxylic acids is 1. The number of anilines is 2. The second-order valence-electron chi connectivity index (χ2n) is 3.94. The van der Waals surface area contributed by atoms with Gasteiger partial charge >= 0.3 is 0 Å². The number of nitrogens with two attached hydrogens (primary N) is 1. The number of pyridine rings is 1. The molecule has 0 fully saturated rings. The Labute approximate surface area is 127 Å². The van der Waals surface area contributed by atoms with Crippen molar-refractivity contribution in [2.24, 2.45) is 5.84 Å². The Morgan fingerprint density at radius 1 is 1.38 bits per heavy atom. The van der Waals surface area contributed by atoms with E-state index in [9.17, 15) is 14.9 Å². The van der Waals surface area contributed by atoms with Crippen LogP contribution < -0.4 is 16.6 Å². The van der Waals surface area contributed by atoms with Crippen LogP contribution in [0.2, 0.25) is 0 Å². The summed E-state index contributed by atoms with van der Waals surface area (Å²) in [5.41, 5.74) is 3.15. The second-order valence-corrected chi connectivity index (χ2v) is 4.80. The predicted molar refractivity (Wildman–Crippen MR) is 80.8 cm³/mol. The average molecular weight is 352 g/mol. The number of carbonyl (C=O) groups is 1. The number of aromatic nitrogens is 1. The van der Waals surface area contributed by atoms with Gasteiger partial charge in [0.15, 0.2) is 0 Å². The summed E-state index contributed by atoms with van der Waals surface area (Å²) < 4.78 is 0.332. The third kappa shape index (κ3) is 3.33. The lowest BCUT2D eigenvalue weighted by atomic mass is 10.2. The van der Waals surface area contributed by atoms with Gasteiger partial charge in [0.1, 0.15) is 0 Å². The van der Waals surface area contributed by atoms with E-state index in [1.54, 1.807) is 6.07 Å². The van der Waals surface area contributed by atoms with Gasteiger partial charge in [-0.15, -0.1) is 0 Å². The molecule has 1 aromatic carbocycles. The number of nitro groups is 1. The Morgan fingerprint density at radius 3 is 2.81 bits per heavy atom. The van der Waals surface area contributed by atoms with Crippen molar-refractivity contribution in [1.29, 1.82) is 0 Å². The van der Waals surface area contributed by atoms with Gasteiger partial charge in [0.25, 0.3) is 11.6 Å². The van der Waals surface area contributed by atoms with E-state index in [1.807, 2.05) is 0 Å². The summed E-state index contributed by atoms with van der Waals surface area (Å²) >= 11 is 3.08. The summed E-state index contributed by atoms with van der Waals surface area (Å²) in [6, 6.07) is 5.78. The Kier molecular flexibility index (Phi) is 4.45. The number of hydrogen-bond donors (Lipinski definition) is 3. The molecular weight excluding hydrogens is 342 g/mol. The summed E-state index contributed by atoms with van der Waals surface area (Å²) in [5.74, 6) is 4.84. The third-order valence-electron chi connectivity index (χ3n) is 2.62. The topological polar surface area (TPSA) is 123 Å². The summed E-state index contributed by atoms with van der Waals surface area (Å²) in [7, 11) is 0. The van der Waals surface area contributed by atoms with Gasteiger partial charge in [0, 0.05) is 18.0 Å². The maximum absolute atomic E-state index is 12.1. The maximum atomic E-state index is 12.1. The molecule has 0 saturated carbocycles. The van der Waals surface area contributed by atoms with Gasteiger partial charge in [-0.1, -0.05) is 0 Å². The Balaban J connectivity index is 2.28. The molecule has 21 heavy (non-hydrogen) atoms. The average Bonchev–Trinajstić information content (AvgIpc) is 2.48. The highest BCUT2D eigenvalue weighted by atomic mass is 79.9. The zero-order valence-corrected chi connectivity index (χ0v) is 12.1. The van der Waals surface area contributed by atoms with Crippen molar-refractivity contribution < 1.29 is 9.72 Å². The number of nitro benzene ring substituents is 1. The number of halogens is 1. The van der Waals surface area contributed by atoms with E-state index in [0.717, 1.165) is 0 Å². The predicted octanol–water partition coefficient (Wildman–Crippen LogP) is 2.29. The number of nitrogens with one attached hydrogen (secondary N) is 2. The maximum Gasteiger partial charge on any atom is 0.285 e. The summed E-state index contributed by atoms with van der Waals surface area (Å²) in [4.78, 5) is 26.3. The number of rotatable bonds is 4. The molecule has 1 amide bonds. The molecule has 0 unspecified atom stereocenters. The molecule has 0 spiro atoms. The molecule has 0 bridgehead atoms. The quantitative estimate of drug-likeness (QED) is 0.441. The number of nitrogen functional groups attached to an aromatic ring is 1. The summed E-state index contributed by atoms with van der Waals surface area (Å²) in [6.07, 6.45) is 2.85. The van der Waals surface area contributed by atoms with Crippen LogP contribution in [-0.4, -0.2) is 15.8 Å². The van der Waals surface area contributed by atoms with Crippen molar-refractivity contribution in [2.75, 3.05) is 10.7 Å². The number of amides is 1. The highest BCUT2D eigenvalue weighted by Crippen LogP contribution is 2.28. The Morgan fingerprint density at radius 2 is 2.14 bits per heavy atom. The van der Waals surface area contributed by atoms with Crippen LogP contribution in [0.1, 0.15) is 10.4 Å². The van der Waals surface area contributed by atoms with Crippen LogP contribution >= 0.6 is 15.9 Å². The van der Waals surface area contributed by atoms with Crippen molar-refractivity contribution in [3.8, 4) is 0 Å². The Hall–Kier alpha value is -2.52. The molecule has 0 atom stereocenters. The first-order valence-electron chi connectivity index (χ1n) is 5.69. The van der Waals surface area contributed by atoms with Crippen LogP contribution in [-0.2, 0) is 0 Å². The molecule has 2 aromatic rings. The lowest BCUT2D eigenvalue weighted by Gasteiger charge is -2.09. The first kappa shape index (κ1) is 14.9. The van der Waals surface area contributed by atoms with E-state index in [4.69, 9.17) is 5.84 Å². The molecule has 9 heteroatoms. The number of benzene rings is 1. The van der Waals surface area contributed by atoms with Gasteiger partial charge in [-0.25, -0.2) is 0 Å². The van der Waals surface area contributed by atoms with E-state index < -0.39 is 10.8 Å². The minimum atomic E-state index is -0.543. The normalized spacial score (nSPS) is 10.0. The first-order valence-corrected chi connectivity index (χ1v) is 6.48. The van der Waals surface area contributed by atoms with Crippen molar-refractivity contribution >= 4 is 38.9 Å². The van der Waals surface area contributed by atoms with Gasteiger partial charge in [0.05, 0.1) is 26.8 Å². The van der Waals surface area contributed by atoms with Crippen molar-refractivity contribution in [2.45, 2.75) is 0 Å². The molecule has 8 nitrogen and oxygen atoms in total. The molecular formula is C12H10BrN5O3. The fourth-order valence-corrected chi connectivity index (χ4v) is 2.03. The largest absolute Gasteiger partial charge is 0.322 e. The van der Waals surface area contributed by atoms with Crippen LogP contribution in [0.25, 0.3) is 0 Å². The minimum absolute atomic E-state index is 0.139. The molecule has 108 valence electrons. The Bertz CT molecular complexity index is 707. The number of nitrogens with zero attached hydrogens (tertiary/aromatic N) is 2. The molecule has 2 rings (SSSR count). The lowest BCUT2D eigenvalue weighted by Crippen LogP contribution is -2.17. The lowest BCUT2D eigenvalue weighted by molar-refractivity contribution is -0.385. The van der Waals surface area contributed by atoms with Gasteiger partial charge in [-0.2, -0.15) is 0 Å². The first-order chi connectivity index (χ1) is 10.0. The van der Waals surface area contributed by atoms with E-state index in [2.05, 4.69) is 31.7 Å². The molecule has 1 heterocycles. The molecule has 0 aliphatic carbocycles. The van der Waals surface area contributed by atoms with Crippen LogP contribution in [0.3, 0.4) is 0 Å². The van der Waals surface area contributed by atoms with Gasteiger partial charge in [-0.05, 0) is 34.1 Å². The van der Waals surface area contributed by atoms with Crippen LogP contribution in [0.15, 0.2) is 41.1 Å². The van der Waals surface area contributed by atoms with Gasteiger partial charge in [0.2, 0.25) is 0 Å². The second kappa shape index (κ2) is 6.29. The minimum Gasteiger partial charge on any atom is -0.322 e. The van der Waals surface area contributed by atoms with Gasteiger partial charge < -0.3 is 10.7 Å². The standard InChI is InChI=1S/C12H10BrN5O3/c13-9-2-1-7(5-11(9)18(20)21)16-12(19)8-3-4-15-6-10(8)17-14/h1-6,17H,14H2,(H,16,19). The van der Waals surface area contributed by atoms with Crippen LogP contribution in [0, 0.1) is 10.1 Å².